The van der Waals surface area contributed by atoms with Gasteiger partial charge >= 0.3 is 5.97 Å². The number of carboxylic acids is 1. The maximum Gasteiger partial charge on any atom is 0.304 e. The fourth-order valence-corrected chi connectivity index (χ4v) is 2.74. The molecule has 1 saturated carbocycles. The van der Waals surface area contributed by atoms with Crippen LogP contribution >= 0.6 is 0 Å². The van der Waals surface area contributed by atoms with Gasteiger partial charge in [-0.25, -0.2) is 0 Å². The van der Waals surface area contributed by atoms with Gasteiger partial charge in [-0.3, -0.25) is 4.79 Å². The van der Waals surface area contributed by atoms with Crippen LogP contribution in [0.4, 0.5) is 0 Å². The van der Waals surface area contributed by atoms with E-state index in [2.05, 4.69) is 0 Å². The number of benzene rings is 1. The molecule has 0 atom stereocenters. The summed E-state index contributed by atoms with van der Waals surface area (Å²) in [6.07, 6.45) is 1.76. The van der Waals surface area contributed by atoms with Crippen LogP contribution in [0.5, 0.6) is 11.5 Å². The minimum atomic E-state index is -0.802. The molecule has 0 spiro atoms. The van der Waals surface area contributed by atoms with Crippen LogP contribution in [0.1, 0.15) is 30.4 Å². The van der Waals surface area contributed by atoms with Crippen molar-refractivity contribution < 1.29 is 24.1 Å². The first kappa shape index (κ1) is 14.7. The summed E-state index contributed by atoms with van der Waals surface area (Å²) in [6.45, 7) is 0.420. The van der Waals surface area contributed by atoms with E-state index in [0.29, 0.717) is 18.1 Å². The molecule has 1 aliphatic rings. The number of hydrogen-bond acceptors (Lipinski definition) is 4. The largest absolute Gasteiger partial charge is 0.496 e. The number of aliphatic carboxylic acids is 1. The van der Waals surface area contributed by atoms with Gasteiger partial charge in [0.15, 0.2) is 0 Å². The van der Waals surface area contributed by atoms with Crippen LogP contribution in [0, 0.1) is 0 Å². The van der Waals surface area contributed by atoms with Gasteiger partial charge in [0.1, 0.15) is 11.5 Å². The van der Waals surface area contributed by atoms with Gasteiger partial charge in [0.25, 0.3) is 0 Å². The Labute approximate surface area is 118 Å². The molecule has 2 rings (SSSR count). The molecule has 0 saturated heterocycles. The number of ether oxygens (including phenoxy) is 3. The lowest BCUT2D eigenvalue weighted by atomic mass is 9.89. The highest BCUT2D eigenvalue weighted by atomic mass is 16.5. The fourth-order valence-electron chi connectivity index (χ4n) is 2.74. The number of rotatable bonds is 7. The van der Waals surface area contributed by atoms with Crippen LogP contribution in [0.25, 0.3) is 0 Å². The zero-order valence-electron chi connectivity index (χ0n) is 12.1. The second kappa shape index (κ2) is 5.71. The Morgan fingerprint density at radius 3 is 2.40 bits per heavy atom. The molecule has 0 heterocycles. The normalized spacial score (nSPS) is 15.8. The molecule has 1 aromatic rings. The van der Waals surface area contributed by atoms with Crippen molar-refractivity contribution in [1.29, 1.82) is 0 Å². The molecule has 0 aromatic heterocycles. The van der Waals surface area contributed by atoms with Gasteiger partial charge in [0, 0.05) is 23.7 Å². The van der Waals surface area contributed by atoms with Crippen LogP contribution in [0.3, 0.4) is 0 Å². The Morgan fingerprint density at radius 1 is 1.25 bits per heavy atom. The summed E-state index contributed by atoms with van der Waals surface area (Å²) in [5, 5.41) is 9.14. The van der Waals surface area contributed by atoms with E-state index in [9.17, 15) is 4.79 Å². The summed E-state index contributed by atoms with van der Waals surface area (Å²) in [7, 11) is 4.80. The lowest BCUT2D eigenvalue weighted by Crippen LogP contribution is -2.16. The third-order valence-corrected chi connectivity index (χ3v) is 3.80. The topological polar surface area (TPSA) is 65.0 Å². The Bertz CT molecular complexity index is 505. The van der Waals surface area contributed by atoms with Gasteiger partial charge in [-0.2, -0.15) is 0 Å². The van der Waals surface area contributed by atoms with E-state index in [4.69, 9.17) is 19.3 Å². The van der Waals surface area contributed by atoms with E-state index >= 15 is 0 Å². The molecule has 0 aliphatic heterocycles. The fraction of sp³-hybridized carbons (Fsp3) is 0.533. The molecule has 5 nitrogen and oxygen atoms in total. The predicted octanol–water partition coefficient (Wildman–Crippen LogP) is 2.36. The molecular weight excluding hydrogens is 260 g/mol. The monoisotopic (exact) mass is 280 g/mol. The first-order valence-electron chi connectivity index (χ1n) is 6.53. The Kier molecular flexibility index (Phi) is 4.18. The summed E-state index contributed by atoms with van der Waals surface area (Å²) >= 11 is 0. The predicted molar refractivity (Wildman–Crippen MR) is 73.4 cm³/mol. The maximum atomic E-state index is 11.1. The van der Waals surface area contributed by atoms with Crippen molar-refractivity contribution in [2.45, 2.75) is 31.3 Å². The Balaban J connectivity index is 2.53. The van der Waals surface area contributed by atoms with Crippen LogP contribution in [-0.4, -0.2) is 32.4 Å². The minimum Gasteiger partial charge on any atom is -0.496 e. The van der Waals surface area contributed by atoms with Crippen molar-refractivity contribution in [1.82, 2.24) is 0 Å². The molecular formula is C15H20O5. The molecule has 110 valence electrons. The number of carboxylic acid groups (broad SMARTS) is 1. The summed E-state index contributed by atoms with van der Waals surface area (Å²) in [5.41, 5.74) is 1.40. The third-order valence-electron chi connectivity index (χ3n) is 3.80. The third kappa shape index (κ3) is 2.58. The molecule has 1 aliphatic carbocycles. The standard InChI is InChI=1S/C15H20O5/c1-18-9-10-4-5-11(19-2)13(14(10)20-3)15(6-7-15)8-12(16)17/h4-5H,6-9H2,1-3H3,(H,16,17). The van der Waals surface area contributed by atoms with Crippen molar-refractivity contribution in [3.63, 3.8) is 0 Å². The van der Waals surface area contributed by atoms with E-state index < -0.39 is 5.97 Å². The molecule has 1 N–H and O–H groups in total. The lowest BCUT2D eigenvalue weighted by Gasteiger charge is -2.22. The summed E-state index contributed by atoms with van der Waals surface area (Å²) < 4.78 is 16.1. The minimum absolute atomic E-state index is 0.0934. The van der Waals surface area contributed by atoms with Crippen molar-refractivity contribution in [3.8, 4) is 11.5 Å². The molecule has 20 heavy (non-hydrogen) atoms. The van der Waals surface area contributed by atoms with Crippen molar-refractivity contribution in [3.05, 3.63) is 23.3 Å². The smallest absolute Gasteiger partial charge is 0.304 e. The number of methoxy groups -OCH3 is 3. The quantitative estimate of drug-likeness (QED) is 0.830. The van der Waals surface area contributed by atoms with E-state index in [1.54, 1.807) is 21.3 Å². The summed E-state index contributed by atoms with van der Waals surface area (Å²) in [4.78, 5) is 11.1. The van der Waals surface area contributed by atoms with Gasteiger partial charge in [0.2, 0.25) is 0 Å². The second-order valence-electron chi connectivity index (χ2n) is 5.12. The Morgan fingerprint density at radius 2 is 1.95 bits per heavy atom. The summed E-state index contributed by atoms with van der Waals surface area (Å²) in [6, 6.07) is 3.75. The number of carbonyl (C=O) groups is 1. The van der Waals surface area contributed by atoms with E-state index in [0.717, 1.165) is 24.0 Å². The average molecular weight is 280 g/mol. The first-order valence-corrected chi connectivity index (χ1v) is 6.53. The van der Waals surface area contributed by atoms with E-state index in [1.807, 2.05) is 12.1 Å². The molecule has 0 bridgehead atoms. The van der Waals surface area contributed by atoms with Crippen LogP contribution in [-0.2, 0) is 21.6 Å². The van der Waals surface area contributed by atoms with Gasteiger partial charge in [0.05, 0.1) is 27.2 Å². The molecule has 0 unspecified atom stereocenters. The zero-order chi connectivity index (χ0) is 14.8. The lowest BCUT2D eigenvalue weighted by molar-refractivity contribution is -0.137. The average Bonchev–Trinajstić information content (AvgIpc) is 3.18. The van der Waals surface area contributed by atoms with Crippen molar-refractivity contribution >= 4 is 5.97 Å². The number of hydrogen-bond donors (Lipinski definition) is 1. The molecule has 1 aromatic carbocycles. The van der Waals surface area contributed by atoms with Crippen LogP contribution in [0.15, 0.2) is 12.1 Å². The molecule has 5 heteroatoms. The van der Waals surface area contributed by atoms with E-state index in [1.165, 1.54) is 0 Å². The molecule has 0 radical (unpaired) electrons. The van der Waals surface area contributed by atoms with Crippen molar-refractivity contribution in [2.75, 3.05) is 21.3 Å². The maximum absolute atomic E-state index is 11.1. The first-order chi connectivity index (χ1) is 9.57. The van der Waals surface area contributed by atoms with E-state index in [-0.39, 0.29) is 11.8 Å². The highest BCUT2D eigenvalue weighted by Gasteiger charge is 2.50. The molecule has 1 fully saturated rings. The Hall–Kier alpha value is -1.75. The van der Waals surface area contributed by atoms with Gasteiger partial charge in [-0.05, 0) is 25.0 Å². The second-order valence-corrected chi connectivity index (χ2v) is 5.12. The van der Waals surface area contributed by atoms with Gasteiger partial charge in [-0.1, -0.05) is 0 Å². The zero-order valence-corrected chi connectivity index (χ0v) is 12.1. The van der Waals surface area contributed by atoms with Gasteiger partial charge < -0.3 is 19.3 Å². The van der Waals surface area contributed by atoms with Crippen LogP contribution < -0.4 is 9.47 Å². The SMILES string of the molecule is COCc1ccc(OC)c(C2(CC(=O)O)CC2)c1OC. The van der Waals surface area contributed by atoms with Crippen molar-refractivity contribution in [2.24, 2.45) is 0 Å². The highest BCUT2D eigenvalue weighted by Crippen LogP contribution is 2.57. The highest BCUT2D eigenvalue weighted by molar-refractivity contribution is 5.72. The van der Waals surface area contributed by atoms with Gasteiger partial charge in [-0.15, -0.1) is 0 Å². The summed E-state index contributed by atoms with van der Waals surface area (Å²) in [5.74, 6) is 0.564. The van der Waals surface area contributed by atoms with Crippen LogP contribution in [0.2, 0.25) is 0 Å². The molecule has 0 amide bonds.